The molecule has 0 bridgehead atoms. The largest absolute Gasteiger partial charge is 0.467 e. The van der Waals surface area contributed by atoms with Crippen molar-refractivity contribution in [2.75, 3.05) is 6.54 Å². The van der Waals surface area contributed by atoms with Gasteiger partial charge in [0.05, 0.1) is 17.7 Å². The van der Waals surface area contributed by atoms with Gasteiger partial charge in [0.25, 0.3) is 0 Å². The lowest BCUT2D eigenvalue weighted by atomic mass is 9.85. The Bertz CT molecular complexity index is 367. The van der Waals surface area contributed by atoms with Crippen LogP contribution in [-0.2, 0) is 4.79 Å². The predicted molar refractivity (Wildman–Crippen MR) is 65.2 cm³/mol. The third-order valence-corrected chi connectivity index (χ3v) is 3.75. The molecule has 1 atom stereocenters. The molecule has 1 saturated carbocycles. The van der Waals surface area contributed by atoms with Crippen molar-refractivity contribution in [1.29, 1.82) is 0 Å². The standard InChI is InChI=1S/C13H20N2O2/c1-10(11-5-4-8-17-11)15-12(16)13(9-14)6-2-3-7-13/h4-5,8,10H,2-3,6-7,9,14H2,1H3,(H,15,16)/t10-/m1/s1. The van der Waals surface area contributed by atoms with Gasteiger partial charge in [0, 0.05) is 6.54 Å². The Morgan fingerprint density at radius 1 is 1.59 bits per heavy atom. The van der Waals surface area contributed by atoms with E-state index in [1.807, 2.05) is 19.1 Å². The van der Waals surface area contributed by atoms with Crippen molar-refractivity contribution >= 4 is 5.91 Å². The Morgan fingerprint density at radius 3 is 2.82 bits per heavy atom. The number of carbonyl (C=O) groups excluding carboxylic acids is 1. The first-order valence-corrected chi connectivity index (χ1v) is 6.22. The smallest absolute Gasteiger partial charge is 0.228 e. The maximum atomic E-state index is 12.3. The minimum absolute atomic E-state index is 0.0707. The highest BCUT2D eigenvalue weighted by Crippen LogP contribution is 2.37. The summed E-state index contributed by atoms with van der Waals surface area (Å²) in [5, 5.41) is 3.00. The number of carbonyl (C=O) groups is 1. The molecule has 4 nitrogen and oxygen atoms in total. The second-order valence-electron chi connectivity index (χ2n) is 4.90. The fraction of sp³-hybridized carbons (Fsp3) is 0.615. The second-order valence-corrected chi connectivity index (χ2v) is 4.90. The molecule has 0 saturated heterocycles. The average molecular weight is 236 g/mol. The third-order valence-electron chi connectivity index (χ3n) is 3.75. The molecule has 3 N–H and O–H groups in total. The van der Waals surface area contributed by atoms with Crippen LogP contribution in [0.1, 0.15) is 44.4 Å². The molecular weight excluding hydrogens is 216 g/mol. The van der Waals surface area contributed by atoms with Crippen molar-refractivity contribution in [2.45, 2.75) is 38.6 Å². The molecule has 17 heavy (non-hydrogen) atoms. The van der Waals surface area contributed by atoms with Gasteiger partial charge >= 0.3 is 0 Å². The van der Waals surface area contributed by atoms with Crippen LogP contribution in [0, 0.1) is 5.41 Å². The van der Waals surface area contributed by atoms with Crippen molar-refractivity contribution in [2.24, 2.45) is 11.1 Å². The fourth-order valence-corrected chi connectivity index (χ4v) is 2.53. The molecule has 0 aromatic carbocycles. The van der Waals surface area contributed by atoms with E-state index in [4.69, 9.17) is 10.2 Å². The minimum atomic E-state index is -0.346. The Labute approximate surface area is 102 Å². The van der Waals surface area contributed by atoms with Crippen molar-refractivity contribution < 1.29 is 9.21 Å². The number of furan rings is 1. The van der Waals surface area contributed by atoms with E-state index in [-0.39, 0.29) is 17.4 Å². The van der Waals surface area contributed by atoms with Gasteiger partial charge in [-0.1, -0.05) is 12.8 Å². The van der Waals surface area contributed by atoms with Crippen LogP contribution in [-0.4, -0.2) is 12.5 Å². The van der Waals surface area contributed by atoms with Crippen molar-refractivity contribution in [3.63, 3.8) is 0 Å². The third kappa shape index (κ3) is 2.36. The van der Waals surface area contributed by atoms with E-state index in [0.717, 1.165) is 31.4 Å². The van der Waals surface area contributed by atoms with E-state index in [0.29, 0.717) is 6.54 Å². The number of hydrogen-bond acceptors (Lipinski definition) is 3. The molecule has 1 aliphatic rings. The molecule has 4 heteroatoms. The quantitative estimate of drug-likeness (QED) is 0.839. The molecule has 0 radical (unpaired) electrons. The number of nitrogens with two attached hydrogens (primary N) is 1. The van der Waals surface area contributed by atoms with Crippen LogP contribution in [0.15, 0.2) is 22.8 Å². The van der Waals surface area contributed by atoms with E-state index in [1.165, 1.54) is 0 Å². The van der Waals surface area contributed by atoms with Crippen LogP contribution in [0.4, 0.5) is 0 Å². The molecule has 0 unspecified atom stereocenters. The molecule has 1 heterocycles. The van der Waals surface area contributed by atoms with Crippen LogP contribution in [0.3, 0.4) is 0 Å². The van der Waals surface area contributed by atoms with E-state index in [1.54, 1.807) is 6.26 Å². The van der Waals surface area contributed by atoms with Crippen LogP contribution < -0.4 is 11.1 Å². The van der Waals surface area contributed by atoms with Gasteiger partial charge in [-0.2, -0.15) is 0 Å². The van der Waals surface area contributed by atoms with Crippen molar-refractivity contribution in [3.8, 4) is 0 Å². The number of nitrogens with one attached hydrogen (secondary N) is 1. The lowest BCUT2D eigenvalue weighted by Gasteiger charge is -2.27. The molecule has 2 rings (SSSR count). The Hall–Kier alpha value is -1.29. The highest BCUT2D eigenvalue weighted by molar-refractivity contribution is 5.83. The number of hydrogen-bond donors (Lipinski definition) is 2. The van der Waals surface area contributed by atoms with Gasteiger partial charge in [0.1, 0.15) is 5.76 Å². The van der Waals surface area contributed by atoms with E-state index >= 15 is 0 Å². The lowest BCUT2D eigenvalue weighted by molar-refractivity contribution is -0.131. The van der Waals surface area contributed by atoms with Gasteiger partial charge in [-0.3, -0.25) is 4.79 Å². The van der Waals surface area contributed by atoms with Gasteiger partial charge in [-0.05, 0) is 31.9 Å². The summed E-state index contributed by atoms with van der Waals surface area (Å²) < 4.78 is 5.28. The maximum Gasteiger partial charge on any atom is 0.228 e. The first-order valence-electron chi connectivity index (χ1n) is 6.22. The summed E-state index contributed by atoms with van der Waals surface area (Å²) in [5.74, 6) is 0.852. The van der Waals surface area contributed by atoms with Crippen LogP contribution in [0.5, 0.6) is 0 Å². The average Bonchev–Trinajstić information content (AvgIpc) is 3.01. The summed E-state index contributed by atoms with van der Waals surface area (Å²) in [6.45, 7) is 2.36. The first-order chi connectivity index (χ1) is 8.18. The molecule has 1 amide bonds. The molecular formula is C13H20N2O2. The van der Waals surface area contributed by atoms with E-state index < -0.39 is 0 Å². The van der Waals surface area contributed by atoms with E-state index in [9.17, 15) is 4.79 Å². The van der Waals surface area contributed by atoms with Crippen LogP contribution >= 0.6 is 0 Å². The van der Waals surface area contributed by atoms with E-state index in [2.05, 4.69) is 5.32 Å². The topological polar surface area (TPSA) is 68.3 Å². The number of amides is 1. The van der Waals surface area contributed by atoms with Crippen LogP contribution in [0.25, 0.3) is 0 Å². The molecule has 0 spiro atoms. The minimum Gasteiger partial charge on any atom is -0.467 e. The lowest BCUT2D eigenvalue weighted by Crippen LogP contribution is -2.44. The summed E-state index contributed by atoms with van der Waals surface area (Å²) in [6, 6.07) is 3.60. The van der Waals surface area contributed by atoms with Gasteiger partial charge in [-0.25, -0.2) is 0 Å². The van der Waals surface area contributed by atoms with Gasteiger partial charge in [0.2, 0.25) is 5.91 Å². The molecule has 0 aliphatic heterocycles. The zero-order chi connectivity index (χ0) is 12.3. The summed E-state index contributed by atoms with van der Waals surface area (Å²) in [7, 11) is 0. The summed E-state index contributed by atoms with van der Waals surface area (Å²) >= 11 is 0. The van der Waals surface area contributed by atoms with Gasteiger partial charge < -0.3 is 15.5 Å². The molecule has 1 aliphatic carbocycles. The SMILES string of the molecule is C[C@@H](NC(=O)C1(CN)CCCC1)c1ccco1. The second kappa shape index (κ2) is 4.92. The molecule has 94 valence electrons. The number of rotatable bonds is 4. The molecule has 1 aromatic heterocycles. The predicted octanol–water partition coefficient (Wildman–Crippen LogP) is 1.98. The molecule has 1 aromatic rings. The highest BCUT2D eigenvalue weighted by atomic mass is 16.3. The van der Waals surface area contributed by atoms with Crippen molar-refractivity contribution in [3.05, 3.63) is 24.2 Å². The maximum absolute atomic E-state index is 12.3. The zero-order valence-electron chi connectivity index (χ0n) is 10.2. The fourth-order valence-electron chi connectivity index (χ4n) is 2.53. The van der Waals surface area contributed by atoms with Gasteiger partial charge in [0.15, 0.2) is 0 Å². The Balaban J connectivity index is 2.01. The summed E-state index contributed by atoms with van der Waals surface area (Å²) in [6.07, 6.45) is 5.62. The summed E-state index contributed by atoms with van der Waals surface area (Å²) in [4.78, 5) is 12.3. The van der Waals surface area contributed by atoms with Crippen LogP contribution in [0.2, 0.25) is 0 Å². The summed E-state index contributed by atoms with van der Waals surface area (Å²) in [5.41, 5.74) is 5.43. The molecule has 1 fully saturated rings. The van der Waals surface area contributed by atoms with Gasteiger partial charge in [-0.15, -0.1) is 0 Å². The Kier molecular flexibility index (Phi) is 3.52. The zero-order valence-corrected chi connectivity index (χ0v) is 10.2. The Morgan fingerprint density at radius 2 is 2.29 bits per heavy atom. The van der Waals surface area contributed by atoms with Crippen molar-refractivity contribution in [1.82, 2.24) is 5.32 Å². The first kappa shape index (κ1) is 12.2. The monoisotopic (exact) mass is 236 g/mol. The normalized spacial score (nSPS) is 20.1. The highest BCUT2D eigenvalue weighted by Gasteiger charge is 2.40.